The number of carbonyl (C=O) groups is 4. The van der Waals surface area contributed by atoms with Crippen LogP contribution < -0.4 is 5.32 Å². The van der Waals surface area contributed by atoms with Gasteiger partial charge in [0.1, 0.15) is 31.0 Å². The Morgan fingerprint density at radius 3 is 1.65 bits per heavy atom. The second-order valence-corrected chi connectivity index (χ2v) is 10.9. The van der Waals surface area contributed by atoms with Crippen LogP contribution in [-0.2, 0) is 38.1 Å². The number of rotatable bonds is 15. The van der Waals surface area contributed by atoms with Crippen molar-refractivity contribution in [3.8, 4) is 0 Å². The fourth-order valence-corrected chi connectivity index (χ4v) is 4.57. The van der Waals surface area contributed by atoms with Crippen LogP contribution in [0.4, 0.5) is 0 Å². The van der Waals surface area contributed by atoms with E-state index in [-0.39, 0.29) is 105 Å². The van der Waals surface area contributed by atoms with Gasteiger partial charge in [0.25, 0.3) is 0 Å². The molecule has 6 atom stereocenters. The third-order valence-electron chi connectivity index (χ3n) is 7.59. The van der Waals surface area contributed by atoms with E-state index in [1.807, 2.05) is 0 Å². The molecule has 1 fully saturated rings. The van der Waals surface area contributed by atoms with Crippen LogP contribution in [-0.4, -0.2) is 237 Å². The molecule has 0 saturated carbocycles. The molecule has 1 aliphatic rings. The van der Waals surface area contributed by atoms with Gasteiger partial charge in [-0.25, -0.2) is 4.79 Å². The molecule has 1 saturated heterocycles. The summed E-state index contributed by atoms with van der Waals surface area (Å²) in [5.41, 5.74) is 0. The van der Waals surface area contributed by atoms with Crippen molar-refractivity contribution in [1.29, 1.82) is 0 Å². The average Bonchev–Trinajstić information content (AvgIpc) is 3.09. The molecule has 21 heteroatoms. The fraction of sp³-hybridized carbons (Fsp3) is 0.857. The van der Waals surface area contributed by atoms with Crippen molar-refractivity contribution in [2.75, 3.05) is 121 Å². The number of hydrogen-bond acceptors (Lipinski definition) is 19. The predicted molar refractivity (Wildman–Crippen MR) is 165 cm³/mol. The topological polar surface area (TPSA) is 276 Å². The van der Waals surface area contributed by atoms with E-state index >= 15 is 0 Å². The molecule has 9 N–H and O–H groups in total. The molecule has 1 rings (SSSR count). The first-order chi connectivity index (χ1) is 22.7. The van der Waals surface area contributed by atoms with Crippen molar-refractivity contribution < 1.29 is 119 Å². The molecular formula is C28H56GdN5O15+4. The number of carbonyl (C=O) groups excluding carboxylic acids is 4. The van der Waals surface area contributed by atoms with Gasteiger partial charge in [0, 0.05) is 51.9 Å². The molecule has 49 heavy (non-hydrogen) atoms. The number of quaternary nitrogens is 1. The Labute approximate surface area is 318 Å². The molecule has 0 spiro atoms. The van der Waals surface area contributed by atoms with Crippen LogP contribution >= 0.6 is 0 Å². The minimum atomic E-state index is -1.56. The molecule has 20 nitrogen and oxygen atoms in total. The monoisotopic (exact) mass is 860 g/mol. The largest absolute Gasteiger partial charge is 3.00 e. The zero-order valence-corrected chi connectivity index (χ0v) is 31.0. The third kappa shape index (κ3) is 19.8. The summed E-state index contributed by atoms with van der Waals surface area (Å²) in [6.45, 7) is 0.633. The summed E-state index contributed by atoms with van der Waals surface area (Å²) < 4.78 is 19.0. The van der Waals surface area contributed by atoms with E-state index in [0.717, 1.165) is 7.11 Å². The Hall–Kier alpha value is -1.28. The van der Waals surface area contributed by atoms with Crippen LogP contribution in [0.25, 0.3) is 0 Å². The van der Waals surface area contributed by atoms with Gasteiger partial charge in [0.05, 0.1) is 68.3 Å². The Kier molecular flexibility index (Phi) is 28.8. The van der Waals surface area contributed by atoms with Gasteiger partial charge in [0.15, 0.2) is 0 Å². The SMILES string of the molecule is COC(=O)CN1CCN(CC(=O)OC)CC(CO)N(CC(=O)OC)CCN(C(O)C(=O)OC)CC1.C[NH2+]C[C@H](O)[C@@H](O)[C@H](O)[C@H](O)CO.[Gd+3]. The van der Waals surface area contributed by atoms with E-state index in [4.69, 9.17) is 29.5 Å². The number of nitrogens with zero attached hydrogens (tertiary/aromatic N) is 4. The summed E-state index contributed by atoms with van der Waals surface area (Å²) in [6.07, 6.45) is -7.09. The number of methoxy groups -OCH3 is 4. The Balaban J connectivity index is 0. The first-order valence-electron chi connectivity index (χ1n) is 15.3. The minimum absolute atomic E-state index is 0. The maximum atomic E-state index is 12.0. The average molecular weight is 860 g/mol. The number of esters is 4. The van der Waals surface area contributed by atoms with Crippen molar-refractivity contribution >= 4 is 23.9 Å². The molecule has 0 aromatic rings. The zero-order chi connectivity index (χ0) is 36.8. The Bertz CT molecular complexity index is 943. The van der Waals surface area contributed by atoms with Gasteiger partial charge in [-0.15, -0.1) is 0 Å². The van der Waals surface area contributed by atoms with Gasteiger partial charge >= 0.3 is 63.8 Å². The van der Waals surface area contributed by atoms with E-state index in [2.05, 4.69) is 4.74 Å². The summed E-state index contributed by atoms with van der Waals surface area (Å²) in [7, 11) is 6.66. The first-order valence-corrected chi connectivity index (χ1v) is 15.3. The maximum Gasteiger partial charge on any atom is 3.00 e. The quantitative estimate of drug-likeness (QED) is 0.0561. The van der Waals surface area contributed by atoms with Gasteiger partial charge in [-0.3, -0.25) is 34.0 Å². The van der Waals surface area contributed by atoms with E-state index in [1.54, 1.807) is 27.1 Å². The number of aliphatic hydroxyl groups excluding tert-OH is 7. The van der Waals surface area contributed by atoms with Crippen LogP contribution in [0.3, 0.4) is 0 Å². The van der Waals surface area contributed by atoms with Crippen molar-refractivity contribution in [3.05, 3.63) is 0 Å². The van der Waals surface area contributed by atoms with Gasteiger partial charge in [-0.2, -0.15) is 0 Å². The van der Waals surface area contributed by atoms with Gasteiger partial charge in [0.2, 0.25) is 6.23 Å². The van der Waals surface area contributed by atoms with E-state index in [9.17, 15) is 39.6 Å². The van der Waals surface area contributed by atoms with Crippen molar-refractivity contribution in [3.63, 3.8) is 0 Å². The molecule has 2 unspecified atom stereocenters. The van der Waals surface area contributed by atoms with Crippen LogP contribution in [0.5, 0.6) is 0 Å². The third-order valence-corrected chi connectivity index (χ3v) is 7.59. The summed E-state index contributed by atoms with van der Waals surface area (Å²) in [5.74, 6) is -2.31. The van der Waals surface area contributed by atoms with Gasteiger partial charge in [-0.1, -0.05) is 0 Å². The van der Waals surface area contributed by atoms with Crippen LogP contribution in [0.2, 0.25) is 0 Å². The summed E-state index contributed by atoms with van der Waals surface area (Å²) >= 11 is 0. The molecule has 0 amide bonds. The molecule has 1 aliphatic heterocycles. The molecule has 0 aromatic heterocycles. The molecule has 0 bridgehead atoms. The molecule has 1 radical (unpaired) electrons. The Morgan fingerprint density at radius 1 is 0.694 bits per heavy atom. The van der Waals surface area contributed by atoms with Crippen molar-refractivity contribution in [2.45, 2.75) is 36.7 Å². The zero-order valence-electron chi connectivity index (χ0n) is 28.8. The maximum absolute atomic E-state index is 12.0. The molecule has 287 valence electrons. The van der Waals surface area contributed by atoms with Crippen LogP contribution in [0, 0.1) is 39.9 Å². The van der Waals surface area contributed by atoms with E-state index in [1.165, 1.54) is 26.2 Å². The Morgan fingerprint density at radius 2 is 1.16 bits per heavy atom. The number of likely N-dealkylation sites (N-methyl/N-ethyl adjacent to an activating group) is 1. The van der Waals surface area contributed by atoms with Crippen LogP contribution in [0.1, 0.15) is 0 Å². The summed E-state index contributed by atoms with van der Waals surface area (Å²) in [4.78, 5) is 54.6. The standard InChI is InChI=1S/C21H38N4O10.C7H17NO5.Gd/c1-32-17(27)12-22-5-6-23(13-18(28)33-2)11-16(15-26)25(14-19(29)34-3)10-9-24(8-7-22)20(30)21(31)35-4;1-8-2-4(10)6(12)7(13)5(11)3-9;/h16,20,26,30H,5-15H2,1-4H3;4-13H,2-3H2,1H3;/q;;+3/p+1/t;4-,5+,6+,7+;/m.0./s1. The minimum Gasteiger partial charge on any atom is -0.468 e. The smallest absolute Gasteiger partial charge is 0.468 e. The fourth-order valence-electron chi connectivity index (χ4n) is 4.57. The van der Waals surface area contributed by atoms with Crippen molar-refractivity contribution in [1.82, 2.24) is 19.6 Å². The second-order valence-electron chi connectivity index (χ2n) is 10.9. The van der Waals surface area contributed by atoms with E-state index in [0.29, 0.717) is 13.1 Å². The van der Waals surface area contributed by atoms with Crippen molar-refractivity contribution in [2.24, 2.45) is 0 Å². The first kappa shape index (κ1) is 49.8. The molecule has 1 heterocycles. The predicted octanol–water partition coefficient (Wildman–Crippen LogP) is -7.81. The normalized spacial score (nSPS) is 20.3. The number of hydrogen-bond donors (Lipinski definition) is 8. The van der Waals surface area contributed by atoms with Crippen LogP contribution in [0.15, 0.2) is 0 Å². The molecule has 0 aromatic carbocycles. The second kappa shape index (κ2) is 28.3. The molecule has 0 aliphatic carbocycles. The molecular weight excluding hydrogens is 804 g/mol. The van der Waals surface area contributed by atoms with Gasteiger partial charge in [-0.05, 0) is 0 Å². The number of nitrogens with two attached hydrogens (primary N) is 1. The summed E-state index contributed by atoms with van der Waals surface area (Å²) in [6, 6.07) is -0.579. The number of ether oxygens (including phenoxy) is 4. The summed E-state index contributed by atoms with van der Waals surface area (Å²) in [5, 5.41) is 67.2. The van der Waals surface area contributed by atoms with E-state index < -0.39 is 67.2 Å². The van der Waals surface area contributed by atoms with Gasteiger partial charge < -0.3 is 60.0 Å². The number of aliphatic hydroxyl groups is 7.